The van der Waals surface area contributed by atoms with E-state index < -0.39 is 23.9 Å². The first-order chi connectivity index (χ1) is 9.47. The number of aromatic carboxylic acids is 1. The molecule has 1 aromatic carbocycles. The molecule has 3 N–H and O–H groups in total. The first-order valence-electron chi connectivity index (χ1n) is 6.04. The van der Waals surface area contributed by atoms with E-state index in [1.165, 1.54) is 0 Å². The molecule has 2 amide bonds. The standard InChI is InChI=1S/C14H15FN2O3/c1-3-5-10(4-2)16-14(20)17-12-8-9(15)6-7-11(12)13(18)19/h2,6-8,10H,3,5H2,1H3,(H,18,19)(H2,16,17,20). The largest absolute Gasteiger partial charge is 0.478 e. The van der Waals surface area contributed by atoms with Crippen molar-refractivity contribution in [3.63, 3.8) is 0 Å². The molecule has 1 rings (SSSR count). The summed E-state index contributed by atoms with van der Waals surface area (Å²) in [6.07, 6.45) is 6.64. The van der Waals surface area contributed by atoms with Gasteiger partial charge in [-0.15, -0.1) is 6.42 Å². The van der Waals surface area contributed by atoms with Gasteiger partial charge in [-0.25, -0.2) is 14.0 Å². The molecule has 6 heteroatoms. The summed E-state index contributed by atoms with van der Waals surface area (Å²) in [6.45, 7) is 1.92. The molecule has 0 aliphatic carbocycles. The number of urea groups is 1. The molecule has 0 saturated carbocycles. The number of carboxylic acid groups (broad SMARTS) is 1. The molecular weight excluding hydrogens is 263 g/mol. The Morgan fingerprint density at radius 1 is 1.50 bits per heavy atom. The Labute approximate surface area is 116 Å². The summed E-state index contributed by atoms with van der Waals surface area (Å²) in [5.74, 6) is 0.498. The maximum absolute atomic E-state index is 13.1. The molecule has 0 bridgehead atoms. The monoisotopic (exact) mass is 278 g/mol. The van der Waals surface area contributed by atoms with Crippen LogP contribution in [0.1, 0.15) is 30.1 Å². The van der Waals surface area contributed by atoms with Crippen LogP contribution in [0.3, 0.4) is 0 Å². The highest BCUT2D eigenvalue weighted by molar-refractivity contribution is 6.00. The molecule has 0 saturated heterocycles. The number of nitrogens with one attached hydrogen (secondary N) is 2. The molecule has 0 heterocycles. The van der Waals surface area contributed by atoms with Crippen LogP contribution >= 0.6 is 0 Å². The van der Waals surface area contributed by atoms with Crippen molar-refractivity contribution in [1.82, 2.24) is 5.32 Å². The minimum atomic E-state index is -1.26. The average molecular weight is 278 g/mol. The number of hydrogen-bond donors (Lipinski definition) is 3. The number of hydrogen-bond acceptors (Lipinski definition) is 2. The van der Waals surface area contributed by atoms with Gasteiger partial charge in [0.05, 0.1) is 17.3 Å². The molecular formula is C14H15FN2O3. The van der Waals surface area contributed by atoms with Crippen molar-refractivity contribution in [3.05, 3.63) is 29.6 Å². The number of rotatable bonds is 5. The van der Waals surface area contributed by atoms with Crippen LogP contribution in [0.15, 0.2) is 18.2 Å². The molecule has 1 atom stereocenters. The van der Waals surface area contributed by atoms with Gasteiger partial charge in [-0.3, -0.25) is 0 Å². The smallest absolute Gasteiger partial charge is 0.337 e. The van der Waals surface area contributed by atoms with Crippen LogP contribution < -0.4 is 10.6 Å². The lowest BCUT2D eigenvalue weighted by Gasteiger charge is -2.14. The van der Waals surface area contributed by atoms with Crippen molar-refractivity contribution in [2.45, 2.75) is 25.8 Å². The summed E-state index contributed by atoms with van der Waals surface area (Å²) in [7, 11) is 0. The second kappa shape index (κ2) is 7.14. The summed E-state index contributed by atoms with van der Waals surface area (Å²) >= 11 is 0. The van der Waals surface area contributed by atoms with Crippen molar-refractivity contribution < 1.29 is 19.1 Å². The average Bonchev–Trinajstić information content (AvgIpc) is 2.37. The molecule has 1 aromatic rings. The Balaban J connectivity index is 2.82. The fourth-order valence-electron chi connectivity index (χ4n) is 1.61. The van der Waals surface area contributed by atoms with Crippen LogP contribution in [0.4, 0.5) is 14.9 Å². The number of anilines is 1. The number of carboxylic acids is 1. The third kappa shape index (κ3) is 4.28. The van der Waals surface area contributed by atoms with Crippen LogP contribution in [0.5, 0.6) is 0 Å². The van der Waals surface area contributed by atoms with Gasteiger partial charge in [0.15, 0.2) is 0 Å². The van der Waals surface area contributed by atoms with Gasteiger partial charge < -0.3 is 15.7 Å². The third-order valence-corrected chi connectivity index (χ3v) is 2.54. The summed E-state index contributed by atoms with van der Waals surface area (Å²) in [5.41, 5.74) is -0.323. The van der Waals surface area contributed by atoms with E-state index in [1.54, 1.807) is 0 Å². The normalized spacial score (nSPS) is 11.2. The number of terminal acetylenes is 1. The van der Waals surface area contributed by atoms with Crippen LogP contribution in [0, 0.1) is 18.2 Å². The second-order valence-electron chi connectivity index (χ2n) is 4.10. The number of carbonyl (C=O) groups is 2. The van der Waals surface area contributed by atoms with E-state index in [4.69, 9.17) is 11.5 Å². The minimum absolute atomic E-state index is 0.123. The maximum atomic E-state index is 13.1. The Morgan fingerprint density at radius 2 is 2.20 bits per heavy atom. The van der Waals surface area contributed by atoms with Crippen LogP contribution in [-0.4, -0.2) is 23.1 Å². The van der Waals surface area contributed by atoms with Gasteiger partial charge in [0.25, 0.3) is 0 Å². The van der Waals surface area contributed by atoms with Gasteiger partial charge in [0.2, 0.25) is 0 Å². The molecule has 20 heavy (non-hydrogen) atoms. The van der Waals surface area contributed by atoms with Crippen molar-refractivity contribution in [2.24, 2.45) is 0 Å². The summed E-state index contributed by atoms with van der Waals surface area (Å²) in [5, 5.41) is 13.7. The van der Waals surface area contributed by atoms with Gasteiger partial charge >= 0.3 is 12.0 Å². The zero-order valence-electron chi connectivity index (χ0n) is 10.9. The van der Waals surface area contributed by atoms with Crippen molar-refractivity contribution in [1.29, 1.82) is 0 Å². The van der Waals surface area contributed by atoms with Gasteiger partial charge in [-0.2, -0.15) is 0 Å². The summed E-state index contributed by atoms with van der Waals surface area (Å²) in [4.78, 5) is 22.7. The fraction of sp³-hybridized carbons (Fsp3) is 0.286. The molecule has 0 aromatic heterocycles. The minimum Gasteiger partial charge on any atom is -0.478 e. The molecule has 0 radical (unpaired) electrons. The molecule has 1 unspecified atom stereocenters. The van der Waals surface area contributed by atoms with Gasteiger partial charge in [0, 0.05) is 0 Å². The molecule has 0 aliphatic rings. The number of amides is 2. The van der Waals surface area contributed by atoms with Gasteiger partial charge in [-0.05, 0) is 24.6 Å². The van der Waals surface area contributed by atoms with E-state index in [9.17, 15) is 14.0 Å². The van der Waals surface area contributed by atoms with Gasteiger partial charge in [-0.1, -0.05) is 19.3 Å². The number of halogens is 1. The Kier molecular flexibility index (Phi) is 5.54. The molecule has 0 fully saturated rings. The van der Waals surface area contributed by atoms with E-state index in [-0.39, 0.29) is 11.3 Å². The lowest BCUT2D eigenvalue weighted by molar-refractivity contribution is 0.0698. The van der Waals surface area contributed by atoms with E-state index in [2.05, 4.69) is 16.6 Å². The van der Waals surface area contributed by atoms with E-state index in [0.29, 0.717) is 6.42 Å². The lowest BCUT2D eigenvalue weighted by Crippen LogP contribution is -2.37. The lowest BCUT2D eigenvalue weighted by atomic mass is 10.1. The van der Waals surface area contributed by atoms with Crippen LogP contribution in [-0.2, 0) is 0 Å². The number of benzene rings is 1. The first-order valence-corrected chi connectivity index (χ1v) is 6.04. The zero-order chi connectivity index (χ0) is 15.1. The topological polar surface area (TPSA) is 78.4 Å². The predicted octanol–water partition coefficient (Wildman–Crippen LogP) is 2.45. The highest BCUT2D eigenvalue weighted by Gasteiger charge is 2.15. The van der Waals surface area contributed by atoms with Crippen molar-refractivity contribution in [3.8, 4) is 12.3 Å². The Bertz CT molecular complexity index is 552. The van der Waals surface area contributed by atoms with E-state index in [1.807, 2.05) is 6.92 Å². The van der Waals surface area contributed by atoms with Crippen molar-refractivity contribution in [2.75, 3.05) is 5.32 Å². The van der Waals surface area contributed by atoms with E-state index in [0.717, 1.165) is 24.6 Å². The molecule has 5 nitrogen and oxygen atoms in total. The van der Waals surface area contributed by atoms with Gasteiger partial charge in [0.1, 0.15) is 5.82 Å². The highest BCUT2D eigenvalue weighted by atomic mass is 19.1. The number of carbonyl (C=O) groups excluding carboxylic acids is 1. The third-order valence-electron chi connectivity index (χ3n) is 2.54. The SMILES string of the molecule is C#CC(CCC)NC(=O)Nc1cc(F)ccc1C(=O)O. The maximum Gasteiger partial charge on any atom is 0.337 e. The Morgan fingerprint density at radius 3 is 2.75 bits per heavy atom. The fourth-order valence-corrected chi connectivity index (χ4v) is 1.61. The quantitative estimate of drug-likeness (QED) is 0.724. The molecule has 0 aliphatic heterocycles. The van der Waals surface area contributed by atoms with E-state index >= 15 is 0 Å². The highest BCUT2D eigenvalue weighted by Crippen LogP contribution is 2.17. The second-order valence-corrected chi connectivity index (χ2v) is 4.10. The predicted molar refractivity (Wildman–Crippen MR) is 73.0 cm³/mol. The molecule has 106 valence electrons. The zero-order valence-corrected chi connectivity index (χ0v) is 10.9. The summed E-state index contributed by atoms with van der Waals surface area (Å²) in [6, 6.07) is 1.90. The van der Waals surface area contributed by atoms with Crippen LogP contribution in [0.25, 0.3) is 0 Å². The molecule has 0 spiro atoms. The first kappa shape index (κ1) is 15.5. The summed E-state index contributed by atoms with van der Waals surface area (Å²) < 4.78 is 13.1. The van der Waals surface area contributed by atoms with Crippen LogP contribution in [0.2, 0.25) is 0 Å². The Hall–Kier alpha value is -2.55. The van der Waals surface area contributed by atoms with Crippen molar-refractivity contribution >= 4 is 17.7 Å².